The van der Waals surface area contributed by atoms with Crippen LogP contribution in [0, 0.1) is 5.92 Å². The summed E-state index contributed by atoms with van der Waals surface area (Å²) in [6.45, 7) is 6.36. The van der Waals surface area contributed by atoms with Gasteiger partial charge in [0.15, 0.2) is 0 Å². The van der Waals surface area contributed by atoms with Crippen molar-refractivity contribution in [1.82, 2.24) is 0 Å². The first kappa shape index (κ1) is 12.9. The summed E-state index contributed by atoms with van der Waals surface area (Å²) in [5.41, 5.74) is 2.22. The molecule has 1 aliphatic heterocycles. The van der Waals surface area contributed by atoms with Crippen molar-refractivity contribution >= 4 is 21.6 Å². The van der Waals surface area contributed by atoms with Gasteiger partial charge in [-0.15, -0.1) is 0 Å². The summed E-state index contributed by atoms with van der Waals surface area (Å²) in [5.74, 6) is 0.832. The second-order valence-corrected chi connectivity index (χ2v) is 5.75. The molecule has 1 saturated heterocycles. The Kier molecular flexibility index (Phi) is 4.10. The topological polar surface area (TPSA) is 23.5 Å². The Balaban J connectivity index is 2.17. The molecule has 1 fully saturated rings. The maximum Gasteiger partial charge on any atom is 0.0762 e. The molecule has 1 heterocycles. The van der Waals surface area contributed by atoms with E-state index in [1.54, 1.807) is 6.92 Å². The Morgan fingerprint density at radius 3 is 2.82 bits per heavy atom. The van der Waals surface area contributed by atoms with Crippen LogP contribution in [0.1, 0.15) is 38.4 Å². The van der Waals surface area contributed by atoms with Crippen molar-refractivity contribution in [1.29, 1.82) is 0 Å². The first-order valence-electron chi connectivity index (χ1n) is 6.34. The van der Waals surface area contributed by atoms with Crippen LogP contribution in [0.2, 0.25) is 0 Å². The van der Waals surface area contributed by atoms with Crippen LogP contribution in [0.4, 0.5) is 5.69 Å². The van der Waals surface area contributed by atoms with Crippen LogP contribution < -0.4 is 4.90 Å². The van der Waals surface area contributed by atoms with E-state index in [-0.39, 0.29) is 0 Å². The average molecular weight is 298 g/mol. The molecule has 3 heteroatoms. The maximum absolute atomic E-state index is 9.55. The molecule has 0 aliphatic carbocycles. The van der Waals surface area contributed by atoms with E-state index >= 15 is 0 Å². The number of hydrogen-bond donors (Lipinski definition) is 1. The smallest absolute Gasteiger partial charge is 0.0762 e. The quantitative estimate of drug-likeness (QED) is 0.919. The monoisotopic (exact) mass is 297 g/mol. The number of hydrogen-bond acceptors (Lipinski definition) is 2. The van der Waals surface area contributed by atoms with Gasteiger partial charge in [-0.3, -0.25) is 0 Å². The van der Waals surface area contributed by atoms with Gasteiger partial charge in [0.25, 0.3) is 0 Å². The van der Waals surface area contributed by atoms with Crippen LogP contribution in [0.5, 0.6) is 0 Å². The van der Waals surface area contributed by atoms with E-state index in [4.69, 9.17) is 0 Å². The van der Waals surface area contributed by atoms with Gasteiger partial charge in [-0.2, -0.15) is 0 Å². The zero-order chi connectivity index (χ0) is 12.4. The Morgan fingerprint density at radius 2 is 2.29 bits per heavy atom. The van der Waals surface area contributed by atoms with Gasteiger partial charge < -0.3 is 10.0 Å². The Morgan fingerprint density at radius 1 is 1.53 bits per heavy atom. The summed E-state index contributed by atoms with van der Waals surface area (Å²) in [4.78, 5) is 2.43. The van der Waals surface area contributed by atoms with Crippen LogP contribution in [0.25, 0.3) is 0 Å². The molecular weight excluding hydrogens is 278 g/mol. The van der Waals surface area contributed by atoms with Crippen LogP contribution in [-0.4, -0.2) is 18.2 Å². The molecule has 2 atom stereocenters. The van der Waals surface area contributed by atoms with Gasteiger partial charge in [-0.25, -0.2) is 0 Å². The molecule has 0 saturated carbocycles. The largest absolute Gasteiger partial charge is 0.389 e. The molecular formula is C14H20BrNO. The predicted octanol–water partition coefficient (Wildman–Crippen LogP) is 3.74. The van der Waals surface area contributed by atoms with Crippen LogP contribution in [0.15, 0.2) is 22.7 Å². The van der Waals surface area contributed by atoms with Gasteiger partial charge in [0, 0.05) is 17.6 Å². The second kappa shape index (κ2) is 5.40. The van der Waals surface area contributed by atoms with Crippen molar-refractivity contribution in [2.45, 2.75) is 32.8 Å². The van der Waals surface area contributed by atoms with Crippen molar-refractivity contribution in [2.75, 3.05) is 18.0 Å². The normalized spacial score (nSPS) is 21.9. The Labute approximate surface area is 112 Å². The van der Waals surface area contributed by atoms with Crippen LogP contribution >= 0.6 is 15.9 Å². The SMILES string of the molecule is CCC1CCN(c2ccc([C@@H](C)O)cc2Br)C1. The van der Waals surface area contributed by atoms with E-state index in [2.05, 4.69) is 33.8 Å². The Hall–Kier alpha value is -0.540. The summed E-state index contributed by atoms with van der Waals surface area (Å²) < 4.78 is 1.09. The van der Waals surface area contributed by atoms with E-state index in [0.29, 0.717) is 0 Å². The maximum atomic E-state index is 9.55. The zero-order valence-electron chi connectivity index (χ0n) is 10.5. The van der Waals surface area contributed by atoms with Gasteiger partial charge in [-0.1, -0.05) is 19.4 Å². The first-order valence-corrected chi connectivity index (χ1v) is 7.13. The summed E-state index contributed by atoms with van der Waals surface area (Å²) >= 11 is 3.61. The minimum Gasteiger partial charge on any atom is -0.389 e. The summed E-state index contributed by atoms with van der Waals surface area (Å²) in [6, 6.07) is 6.16. The summed E-state index contributed by atoms with van der Waals surface area (Å²) in [6.07, 6.45) is 2.16. The lowest BCUT2D eigenvalue weighted by Crippen LogP contribution is -2.20. The van der Waals surface area contributed by atoms with Gasteiger partial charge in [0.2, 0.25) is 0 Å². The molecule has 0 aromatic heterocycles. The highest BCUT2D eigenvalue weighted by molar-refractivity contribution is 9.10. The minimum absolute atomic E-state index is 0.401. The fourth-order valence-electron chi connectivity index (χ4n) is 2.42. The molecule has 0 amide bonds. The third kappa shape index (κ3) is 2.83. The number of anilines is 1. The van der Waals surface area contributed by atoms with Crippen molar-refractivity contribution in [2.24, 2.45) is 5.92 Å². The molecule has 0 radical (unpaired) electrons. The second-order valence-electron chi connectivity index (χ2n) is 4.90. The zero-order valence-corrected chi connectivity index (χ0v) is 12.1. The number of halogens is 1. The third-order valence-electron chi connectivity index (χ3n) is 3.66. The minimum atomic E-state index is -0.401. The molecule has 1 aliphatic rings. The highest BCUT2D eigenvalue weighted by Crippen LogP contribution is 2.33. The highest BCUT2D eigenvalue weighted by atomic mass is 79.9. The molecule has 1 unspecified atom stereocenters. The lowest BCUT2D eigenvalue weighted by molar-refractivity contribution is 0.199. The number of aliphatic hydroxyl groups excluding tert-OH is 1. The highest BCUT2D eigenvalue weighted by Gasteiger charge is 2.22. The van der Waals surface area contributed by atoms with Crippen LogP contribution in [-0.2, 0) is 0 Å². The van der Waals surface area contributed by atoms with Crippen molar-refractivity contribution in [3.8, 4) is 0 Å². The first-order chi connectivity index (χ1) is 8.11. The van der Waals surface area contributed by atoms with E-state index in [0.717, 1.165) is 29.0 Å². The van der Waals surface area contributed by atoms with Gasteiger partial charge in [-0.05, 0) is 52.9 Å². The fourth-order valence-corrected chi connectivity index (χ4v) is 3.07. The number of nitrogens with zero attached hydrogens (tertiary/aromatic N) is 1. The standard InChI is InChI=1S/C14H20BrNO/c1-3-11-6-7-16(9-11)14-5-4-12(10(2)17)8-13(14)15/h4-5,8,10-11,17H,3,6-7,9H2,1-2H3/t10-,11?/m1/s1. The van der Waals surface area contributed by atoms with Crippen molar-refractivity contribution in [3.05, 3.63) is 28.2 Å². The fraction of sp³-hybridized carbons (Fsp3) is 0.571. The summed E-state index contributed by atoms with van der Waals surface area (Å²) in [7, 11) is 0. The van der Waals surface area contributed by atoms with Gasteiger partial charge in [0.1, 0.15) is 0 Å². The lowest BCUT2D eigenvalue weighted by atomic mass is 10.1. The van der Waals surface area contributed by atoms with Gasteiger partial charge >= 0.3 is 0 Å². The number of rotatable bonds is 3. The van der Waals surface area contributed by atoms with E-state index in [9.17, 15) is 5.11 Å². The molecule has 2 rings (SSSR count). The molecule has 1 aromatic rings. The number of benzene rings is 1. The summed E-state index contributed by atoms with van der Waals surface area (Å²) in [5, 5.41) is 9.55. The molecule has 94 valence electrons. The predicted molar refractivity (Wildman–Crippen MR) is 75.4 cm³/mol. The Bertz CT molecular complexity index is 392. The molecule has 2 nitrogen and oxygen atoms in total. The molecule has 1 aromatic carbocycles. The van der Waals surface area contributed by atoms with Crippen molar-refractivity contribution in [3.63, 3.8) is 0 Å². The van der Waals surface area contributed by atoms with E-state index in [1.165, 1.54) is 18.5 Å². The molecule has 0 bridgehead atoms. The molecule has 1 N–H and O–H groups in total. The molecule has 0 spiro atoms. The van der Waals surface area contributed by atoms with Crippen LogP contribution in [0.3, 0.4) is 0 Å². The van der Waals surface area contributed by atoms with Crippen molar-refractivity contribution < 1.29 is 5.11 Å². The van der Waals surface area contributed by atoms with Gasteiger partial charge in [0.05, 0.1) is 11.8 Å². The third-order valence-corrected chi connectivity index (χ3v) is 4.29. The average Bonchev–Trinajstić information content (AvgIpc) is 2.77. The lowest BCUT2D eigenvalue weighted by Gasteiger charge is -2.21. The van der Waals surface area contributed by atoms with E-state index in [1.807, 2.05) is 12.1 Å². The van der Waals surface area contributed by atoms with E-state index < -0.39 is 6.10 Å². The number of aliphatic hydroxyl groups is 1. The molecule has 17 heavy (non-hydrogen) atoms.